The summed E-state index contributed by atoms with van der Waals surface area (Å²) in [5.41, 5.74) is -1.32. The summed E-state index contributed by atoms with van der Waals surface area (Å²) >= 11 is 11.6. The molecule has 3 aliphatic rings. The Kier molecular flexibility index (Phi) is 8.13. The SMILES string of the molecule is OCC1=C(C2(O)CN(C(c3ccccc3)c3ccccc3)C2)C=CC(C2=NOC(c3cc(Cl)c(F)c(Cl)c3)(C(F)(F)F)C2)C1. The zero-order valence-electron chi connectivity index (χ0n) is 23.2. The van der Waals surface area contributed by atoms with E-state index in [1.54, 1.807) is 12.2 Å². The number of alkyl halides is 3. The van der Waals surface area contributed by atoms with E-state index in [1.165, 1.54) is 0 Å². The molecule has 0 saturated carbocycles. The van der Waals surface area contributed by atoms with Crippen LogP contribution in [0.2, 0.25) is 10.0 Å². The minimum atomic E-state index is -4.93. The maximum atomic E-state index is 14.5. The second kappa shape index (κ2) is 11.6. The van der Waals surface area contributed by atoms with Crippen LogP contribution in [0.5, 0.6) is 0 Å². The minimum Gasteiger partial charge on any atom is -0.392 e. The summed E-state index contributed by atoms with van der Waals surface area (Å²) in [7, 11) is 0. The van der Waals surface area contributed by atoms with Crippen molar-refractivity contribution < 1.29 is 32.6 Å². The number of rotatable bonds is 7. The van der Waals surface area contributed by atoms with Gasteiger partial charge in [-0.3, -0.25) is 4.90 Å². The van der Waals surface area contributed by atoms with Crippen LogP contribution >= 0.6 is 23.2 Å². The highest BCUT2D eigenvalue weighted by molar-refractivity contribution is 6.35. The molecule has 1 fully saturated rings. The van der Waals surface area contributed by atoms with E-state index in [0.29, 0.717) is 24.2 Å². The number of hydrogen-bond acceptors (Lipinski definition) is 5. The molecule has 11 heteroatoms. The van der Waals surface area contributed by atoms with Crippen LogP contribution in [0.4, 0.5) is 17.6 Å². The van der Waals surface area contributed by atoms with Crippen LogP contribution in [0.25, 0.3) is 0 Å². The van der Waals surface area contributed by atoms with Crippen molar-refractivity contribution in [3.05, 3.63) is 129 Å². The molecular formula is C33H28Cl2F4N2O3. The van der Waals surface area contributed by atoms with Crippen molar-refractivity contribution in [2.45, 2.75) is 36.3 Å². The van der Waals surface area contributed by atoms with E-state index < -0.39 is 51.1 Å². The Morgan fingerprint density at radius 2 is 1.55 bits per heavy atom. The van der Waals surface area contributed by atoms with E-state index in [4.69, 9.17) is 28.0 Å². The Labute approximate surface area is 261 Å². The van der Waals surface area contributed by atoms with Crippen molar-refractivity contribution in [1.29, 1.82) is 0 Å². The molecule has 1 saturated heterocycles. The van der Waals surface area contributed by atoms with Crippen LogP contribution in [0.1, 0.15) is 35.6 Å². The van der Waals surface area contributed by atoms with Crippen LogP contribution in [-0.2, 0) is 10.4 Å². The molecule has 230 valence electrons. The van der Waals surface area contributed by atoms with Gasteiger partial charge in [-0.05, 0) is 40.8 Å². The number of nitrogens with zero attached hydrogens (tertiary/aromatic N) is 2. The number of halogens is 6. The molecule has 0 bridgehead atoms. The van der Waals surface area contributed by atoms with Gasteiger partial charge in [0.1, 0.15) is 5.60 Å². The maximum absolute atomic E-state index is 14.5. The van der Waals surface area contributed by atoms with Crippen molar-refractivity contribution in [2.75, 3.05) is 19.7 Å². The van der Waals surface area contributed by atoms with Crippen molar-refractivity contribution in [3.8, 4) is 0 Å². The molecule has 6 rings (SSSR count). The molecule has 2 heterocycles. The van der Waals surface area contributed by atoms with Crippen LogP contribution in [0.3, 0.4) is 0 Å². The fourth-order valence-electron chi connectivity index (χ4n) is 6.41. The molecule has 3 aromatic rings. The standard InChI is InChI=1S/C33H28Cl2F4N2O3/c34-26-14-24(15-27(35)29(26)36)32(33(37,38)39)16-28(40-44-32)22-11-12-25(23(13-22)17-42)31(43)18-41(19-31)30(20-7-3-1-4-8-20)21-9-5-2-6-10-21/h1-12,14-15,22,30,42-43H,13,16-19H2. The first-order chi connectivity index (χ1) is 21.0. The second-order valence-electron chi connectivity index (χ2n) is 11.4. The third-order valence-corrected chi connectivity index (χ3v) is 9.19. The highest BCUT2D eigenvalue weighted by Gasteiger charge is 2.63. The number of aliphatic hydroxyl groups excluding tert-OH is 1. The summed E-state index contributed by atoms with van der Waals surface area (Å²) in [4.78, 5) is 7.23. The largest absolute Gasteiger partial charge is 0.435 e. The van der Waals surface area contributed by atoms with E-state index in [2.05, 4.69) is 10.1 Å². The van der Waals surface area contributed by atoms with Gasteiger partial charge < -0.3 is 15.1 Å². The molecule has 0 amide bonds. The van der Waals surface area contributed by atoms with Gasteiger partial charge in [-0.1, -0.05) is 101 Å². The first-order valence-corrected chi connectivity index (χ1v) is 14.8. The highest BCUT2D eigenvalue weighted by atomic mass is 35.5. The molecule has 2 N–H and O–H groups in total. The first kappa shape index (κ1) is 30.8. The number of β-amino-alcohol motifs (C(OH)–C–C–N with tert-alkyl or cyclic N) is 1. The lowest BCUT2D eigenvalue weighted by Crippen LogP contribution is -2.63. The molecule has 0 spiro atoms. The number of benzene rings is 3. The fourth-order valence-corrected chi connectivity index (χ4v) is 6.90. The molecule has 2 atom stereocenters. The lowest BCUT2D eigenvalue weighted by atomic mass is 9.74. The van der Waals surface area contributed by atoms with E-state index in [9.17, 15) is 27.8 Å². The highest BCUT2D eigenvalue weighted by Crippen LogP contribution is 2.51. The van der Waals surface area contributed by atoms with Crippen LogP contribution < -0.4 is 0 Å². The Balaban J connectivity index is 1.22. The molecule has 3 aromatic carbocycles. The summed E-state index contributed by atoms with van der Waals surface area (Å²) in [6.45, 7) is 0.201. The molecule has 0 radical (unpaired) electrons. The van der Waals surface area contributed by atoms with E-state index in [-0.39, 0.29) is 24.8 Å². The van der Waals surface area contributed by atoms with Gasteiger partial charge in [-0.2, -0.15) is 13.2 Å². The molecule has 0 aromatic heterocycles. The van der Waals surface area contributed by atoms with Gasteiger partial charge >= 0.3 is 6.18 Å². The Morgan fingerprint density at radius 3 is 2.07 bits per heavy atom. The quantitative estimate of drug-likeness (QED) is 0.208. The summed E-state index contributed by atoms with van der Waals surface area (Å²) in [5, 5.41) is 24.7. The van der Waals surface area contributed by atoms with Crippen molar-refractivity contribution in [1.82, 2.24) is 4.90 Å². The zero-order valence-corrected chi connectivity index (χ0v) is 24.7. The van der Waals surface area contributed by atoms with Gasteiger partial charge in [-0.25, -0.2) is 4.39 Å². The number of hydrogen-bond donors (Lipinski definition) is 2. The molecule has 1 aliphatic carbocycles. The number of oxime groups is 1. The molecule has 44 heavy (non-hydrogen) atoms. The average Bonchev–Trinajstić information content (AvgIpc) is 3.47. The van der Waals surface area contributed by atoms with Crippen LogP contribution in [0.15, 0.2) is 101 Å². The predicted octanol–water partition coefficient (Wildman–Crippen LogP) is 7.37. The van der Waals surface area contributed by atoms with E-state index in [0.717, 1.165) is 23.3 Å². The molecular weight excluding hydrogens is 619 g/mol. The summed E-state index contributed by atoms with van der Waals surface area (Å²) in [6.07, 6.45) is -2.11. The minimum absolute atomic E-state index is 0.0925. The third-order valence-electron chi connectivity index (χ3n) is 8.64. The van der Waals surface area contributed by atoms with E-state index in [1.807, 2.05) is 60.7 Å². The third kappa shape index (κ3) is 5.35. The fraction of sp³-hybridized carbons (Fsp3) is 0.303. The smallest absolute Gasteiger partial charge is 0.392 e. The molecule has 5 nitrogen and oxygen atoms in total. The van der Waals surface area contributed by atoms with Gasteiger partial charge in [0.15, 0.2) is 5.82 Å². The van der Waals surface area contributed by atoms with Crippen molar-refractivity contribution in [2.24, 2.45) is 11.1 Å². The van der Waals surface area contributed by atoms with Crippen molar-refractivity contribution >= 4 is 28.9 Å². The van der Waals surface area contributed by atoms with Gasteiger partial charge in [0.2, 0.25) is 0 Å². The van der Waals surface area contributed by atoms with Gasteiger partial charge in [-0.15, -0.1) is 0 Å². The molecule has 2 aliphatic heterocycles. The Morgan fingerprint density at radius 1 is 0.977 bits per heavy atom. The van der Waals surface area contributed by atoms with Gasteiger partial charge in [0, 0.05) is 31.0 Å². The zero-order chi connectivity index (χ0) is 31.3. The number of likely N-dealkylation sites (tertiary alicyclic amines) is 1. The number of aliphatic hydroxyl groups is 2. The predicted molar refractivity (Wildman–Crippen MR) is 160 cm³/mol. The van der Waals surface area contributed by atoms with Crippen molar-refractivity contribution in [3.63, 3.8) is 0 Å². The maximum Gasteiger partial charge on any atom is 0.435 e. The monoisotopic (exact) mass is 646 g/mol. The first-order valence-electron chi connectivity index (χ1n) is 14.0. The summed E-state index contributed by atoms with van der Waals surface area (Å²) in [5.74, 6) is -1.65. The van der Waals surface area contributed by atoms with Crippen LogP contribution in [0, 0.1) is 11.7 Å². The Bertz CT molecular complexity index is 1580. The lowest BCUT2D eigenvalue weighted by Gasteiger charge is -2.52. The summed E-state index contributed by atoms with van der Waals surface area (Å²) in [6, 6.07) is 21.5. The van der Waals surface area contributed by atoms with Gasteiger partial charge in [0.05, 0.1) is 28.4 Å². The topological polar surface area (TPSA) is 65.3 Å². The van der Waals surface area contributed by atoms with Crippen LogP contribution in [-0.4, -0.2) is 52.3 Å². The average molecular weight is 647 g/mol. The molecule has 2 unspecified atom stereocenters. The number of allylic oxidation sites excluding steroid dienone is 1. The van der Waals surface area contributed by atoms with Gasteiger partial charge in [0.25, 0.3) is 5.60 Å². The second-order valence-corrected chi connectivity index (χ2v) is 12.2. The summed E-state index contributed by atoms with van der Waals surface area (Å²) < 4.78 is 57.5. The Hall–Kier alpha value is -3.21. The lowest BCUT2D eigenvalue weighted by molar-refractivity contribution is -0.275. The normalized spacial score (nSPS) is 23.5. The van der Waals surface area contributed by atoms with E-state index >= 15 is 0 Å².